The Morgan fingerprint density at radius 3 is 1.78 bits per heavy atom. The van der Waals surface area contributed by atoms with E-state index < -0.39 is 173 Å². The maximum absolute atomic E-state index is 12.1. The van der Waals surface area contributed by atoms with Crippen LogP contribution < -0.4 is 0 Å². The van der Waals surface area contributed by atoms with E-state index in [1.54, 1.807) is 0 Å². The molecule has 426 valence electrons. The van der Waals surface area contributed by atoms with Crippen LogP contribution in [0, 0.1) is 52.3 Å². The average molecular weight is 1070 g/mol. The van der Waals surface area contributed by atoms with Gasteiger partial charge in [0.15, 0.2) is 30.9 Å². The second-order valence-electron chi connectivity index (χ2n) is 24.2. The van der Waals surface area contributed by atoms with Crippen molar-refractivity contribution in [2.24, 2.45) is 52.3 Å². The van der Waals surface area contributed by atoms with E-state index in [4.69, 9.17) is 47.4 Å². The zero-order valence-corrected chi connectivity index (χ0v) is 42.4. The van der Waals surface area contributed by atoms with Crippen LogP contribution in [0.1, 0.15) is 79.1 Å². The molecule has 24 heteroatoms. The van der Waals surface area contributed by atoms with Crippen molar-refractivity contribution in [1.82, 2.24) is 0 Å². The Hall–Kier alpha value is -0.960. The van der Waals surface area contributed by atoms with Crippen LogP contribution in [-0.2, 0) is 47.4 Å². The minimum Gasteiger partial charge on any atom is -0.394 e. The molecule has 24 nitrogen and oxygen atoms in total. The molecule has 4 aliphatic carbocycles. The van der Waals surface area contributed by atoms with E-state index in [0.29, 0.717) is 37.2 Å². The second kappa shape index (κ2) is 21.5. The van der Waals surface area contributed by atoms with Crippen LogP contribution in [0.5, 0.6) is 0 Å². The van der Waals surface area contributed by atoms with Gasteiger partial charge in [0.25, 0.3) is 0 Å². The fraction of sp³-hybridized carbons (Fsp3) is 1.00. The third kappa shape index (κ3) is 9.45. The Kier molecular flexibility index (Phi) is 16.4. The molecule has 10 aliphatic rings. The van der Waals surface area contributed by atoms with Crippen molar-refractivity contribution in [2.45, 2.75) is 226 Å². The summed E-state index contributed by atoms with van der Waals surface area (Å²) in [5.74, 6) is 1.01. The molecule has 4 saturated carbocycles. The summed E-state index contributed by atoms with van der Waals surface area (Å²) in [6.45, 7) is 6.66. The second-order valence-corrected chi connectivity index (χ2v) is 24.2. The standard InChI is InChI=1S/C50H82O24/c1-18-5-8-50(66-16-18)19(2)32-28(74-50)10-22-20-9-24(54)23-11-27(25(55)12-49(23,4)21(20)6-7-48(22,32)3)67-45-39(63)36(60)41(30(14-52)69-45)72-47-43(73-46-38(62)35(59)34(58)29(13-51)68-46)40(64)42(31(15-53)70-47)71-44-37(61)33(57)26(56)17-65-44/h18-47,51-64H,5-17H2,1-4H3/t18-,19+,20-,21+,22+,23-,24+,25-,26-,27-,28+,29-,30-,31-,32+,33+,34-,35+,36-,37-,38-,39-,40+,41+,42-,43-,44+,45-,46+,47+,48+,49-,50-/m1/s1. The van der Waals surface area contributed by atoms with Crippen LogP contribution in [0.2, 0.25) is 0 Å². The van der Waals surface area contributed by atoms with Gasteiger partial charge in [-0.3, -0.25) is 0 Å². The summed E-state index contributed by atoms with van der Waals surface area (Å²) in [6, 6.07) is 0. The summed E-state index contributed by atoms with van der Waals surface area (Å²) in [5, 5.41) is 153. The molecule has 1 spiro atoms. The molecule has 0 bridgehead atoms. The van der Waals surface area contributed by atoms with Gasteiger partial charge in [-0.25, -0.2) is 0 Å². The van der Waals surface area contributed by atoms with E-state index in [2.05, 4.69) is 27.7 Å². The summed E-state index contributed by atoms with van der Waals surface area (Å²) in [6.07, 6.45) is -30.8. The zero-order valence-electron chi connectivity index (χ0n) is 42.4. The molecule has 14 N–H and O–H groups in total. The molecule has 10 rings (SSSR count). The Morgan fingerprint density at radius 1 is 0.500 bits per heavy atom. The molecule has 33 atom stereocenters. The Labute approximate surface area is 429 Å². The molecule has 0 amide bonds. The lowest BCUT2D eigenvalue weighted by Gasteiger charge is -2.63. The van der Waals surface area contributed by atoms with Gasteiger partial charge in [0.1, 0.15) is 91.6 Å². The lowest BCUT2D eigenvalue weighted by atomic mass is 9.43. The number of rotatable bonds is 11. The summed E-state index contributed by atoms with van der Waals surface area (Å²) < 4.78 is 60.5. The fourth-order valence-electron chi connectivity index (χ4n) is 16.0. The van der Waals surface area contributed by atoms with E-state index in [1.165, 1.54) is 0 Å². The topological polar surface area (TPSA) is 376 Å². The Morgan fingerprint density at radius 2 is 1.11 bits per heavy atom. The zero-order chi connectivity index (χ0) is 53.1. The number of hydrogen-bond acceptors (Lipinski definition) is 24. The van der Waals surface area contributed by atoms with E-state index in [9.17, 15) is 71.5 Å². The van der Waals surface area contributed by atoms with Crippen LogP contribution in [0.3, 0.4) is 0 Å². The van der Waals surface area contributed by atoms with E-state index in [-0.39, 0.29) is 41.6 Å². The van der Waals surface area contributed by atoms with Gasteiger partial charge in [-0.05, 0) is 91.3 Å². The van der Waals surface area contributed by atoms with Crippen molar-refractivity contribution >= 4 is 0 Å². The molecule has 0 aromatic rings. The highest BCUT2D eigenvalue weighted by atomic mass is 16.8. The van der Waals surface area contributed by atoms with Crippen LogP contribution in [0.25, 0.3) is 0 Å². The number of hydrogen-bond donors (Lipinski definition) is 14. The summed E-state index contributed by atoms with van der Waals surface area (Å²) >= 11 is 0. The summed E-state index contributed by atoms with van der Waals surface area (Å²) in [5.41, 5.74) is -0.454. The first-order chi connectivity index (χ1) is 35.1. The van der Waals surface area contributed by atoms with Crippen LogP contribution in [0.4, 0.5) is 0 Å². The Balaban J connectivity index is 0.822. The van der Waals surface area contributed by atoms with E-state index in [0.717, 1.165) is 32.1 Å². The maximum atomic E-state index is 12.1. The summed E-state index contributed by atoms with van der Waals surface area (Å²) in [4.78, 5) is 0. The van der Waals surface area contributed by atoms with Gasteiger partial charge in [-0.1, -0.05) is 27.7 Å². The molecule has 6 heterocycles. The van der Waals surface area contributed by atoms with Gasteiger partial charge in [0.2, 0.25) is 0 Å². The van der Waals surface area contributed by atoms with Crippen molar-refractivity contribution in [2.75, 3.05) is 33.0 Å². The van der Waals surface area contributed by atoms with Crippen molar-refractivity contribution in [3.8, 4) is 0 Å². The van der Waals surface area contributed by atoms with Crippen molar-refractivity contribution in [1.29, 1.82) is 0 Å². The highest BCUT2D eigenvalue weighted by molar-refractivity contribution is 5.17. The number of aliphatic hydroxyl groups is 14. The normalized spacial score (nSPS) is 58.6. The Bertz CT molecular complexity index is 1900. The minimum absolute atomic E-state index is 0.00735. The van der Waals surface area contributed by atoms with Crippen LogP contribution >= 0.6 is 0 Å². The molecular formula is C50H82O24. The quantitative estimate of drug-likeness (QED) is 0.0870. The van der Waals surface area contributed by atoms with E-state index in [1.807, 2.05) is 0 Å². The third-order valence-corrected chi connectivity index (χ3v) is 20.0. The number of aliphatic hydroxyl groups excluding tert-OH is 14. The largest absolute Gasteiger partial charge is 0.394 e. The van der Waals surface area contributed by atoms with Gasteiger partial charge in [0, 0.05) is 12.3 Å². The number of fused-ring (bicyclic) bond motifs is 7. The molecule has 10 fully saturated rings. The molecule has 0 aromatic heterocycles. The highest BCUT2D eigenvalue weighted by Crippen LogP contribution is 2.71. The van der Waals surface area contributed by atoms with Crippen molar-refractivity contribution in [3.05, 3.63) is 0 Å². The fourth-order valence-corrected chi connectivity index (χ4v) is 16.0. The molecule has 74 heavy (non-hydrogen) atoms. The van der Waals surface area contributed by atoms with Gasteiger partial charge < -0.3 is 119 Å². The summed E-state index contributed by atoms with van der Waals surface area (Å²) in [7, 11) is 0. The predicted octanol–water partition coefficient (Wildman–Crippen LogP) is -4.33. The van der Waals surface area contributed by atoms with E-state index >= 15 is 0 Å². The van der Waals surface area contributed by atoms with Gasteiger partial charge in [0.05, 0.1) is 57.5 Å². The highest BCUT2D eigenvalue weighted by Gasteiger charge is 2.70. The van der Waals surface area contributed by atoms with Crippen LogP contribution in [-0.4, -0.2) is 251 Å². The molecule has 6 aliphatic heterocycles. The van der Waals surface area contributed by atoms with Gasteiger partial charge in [-0.15, -0.1) is 0 Å². The smallest absolute Gasteiger partial charge is 0.187 e. The molecule has 0 radical (unpaired) electrons. The third-order valence-electron chi connectivity index (χ3n) is 20.0. The first-order valence-corrected chi connectivity index (χ1v) is 26.9. The minimum atomic E-state index is -2.03. The van der Waals surface area contributed by atoms with Gasteiger partial charge in [-0.2, -0.15) is 0 Å². The molecule has 6 saturated heterocycles. The molecule has 0 unspecified atom stereocenters. The first-order valence-electron chi connectivity index (χ1n) is 26.9. The maximum Gasteiger partial charge on any atom is 0.187 e. The first kappa shape index (κ1) is 56.3. The van der Waals surface area contributed by atoms with Crippen molar-refractivity contribution in [3.63, 3.8) is 0 Å². The lowest BCUT2D eigenvalue weighted by molar-refractivity contribution is -0.401. The lowest BCUT2D eigenvalue weighted by Crippen LogP contribution is -2.68. The predicted molar refractivity (Wildman–Crippen MR) is 245 cm³/mol. The molecule has 0 aromatic carbocycles. The van der Waals surface area contributed by atoms with Gasteiger partial charge >= 0.3 is 0 Å². The molecular weight excluding hydrogens is 985 g/mol. The van der Waals surface area contributed by atoms with Crippen LogP contribution in [0.15, 0.2) is 0 Å². The SMILES string of the molecule is C[C@@H]1CC[C@@]2(OC1)O[C@H]1C[C@H]3[C@@H]4C[C@H](O)[C@H]5C[C@@H](O[C@@H]6O[C@H](CO)[C@H](O[C@@H]7O[C@H](CO)[C@@H](O[C@@H]8OC[C@@H](O)[C@H](O)[C@H]8O)[C@H](O)[C@H]7O[C@@H]7O[C@H](CO)[C@@H](O)[C@H](O)[C@H]7O)[C@H](O)[C@H]6O)[C@H](O)C[C@]5(C)[C@H]4CC[C@]3(C)[C@H]1[C@@H]2C. The monoisotopic (exact) mass is 1070 g/mol. The van der Waals surface area contributed by atoms with Crippen molar-refractivity contribution < 1.29 is 119 Å². The number of ether oxygens (including phenoxy) is 10. The average Bonchev–Trinajstić information content (AvgIpc) is 3.82.